The van der Waals surface area contributed by atoms with Crippen molar-refractivity contribution in [3.8, 4) is 17.1 Å². The lowest BCUT2D eigenvalue weighted by atomic mass is 10.2. The van der Waals surface area contributed by atoms with Crippen LogP contribution >= 0.6 is 15.9 Å². The molecule has 7 heteroatoms. The van der Waals surface area contributed by atoms with E-state index in [1.165, 1.54) is 13.2 Å². The number of nitrogens with two attached hydrogens (primary N) is 1. The fraction of sp³-hybridized carbons (Fsp3) is 0.200. The van der Waals surface area contributed by atoms with Gasteiger partial charge in [-0.25, -0.2) is 4.39 Å². The molecule has 0 saturated carbocycles. The molecular weight excluding hydrogens is 293 g/mol. The topological polar surface area (TPSA) is 74.2 Å². The Kier molecular flexibility index (Phi) is 3.39. The van der Waals surface area contributed by atoms with Crippen molar-refractivity contribution >= 4 is 15.9 Å². The van der Waals surface area contributed by atoms with Crippen LogP contribution in [0.4, 0.5) is 4.39 Å². The molecule has 2 aromatic rings. The smallest absolute Gasteiger partial charge is 0.240 e. The third-order valence-electron chi connectivity index (χ3n) is 2.13. The van der Waals surface area contributed by atoms with Gasteiger partial charge in [0.25, 0.3) is 0 Å². The number of benzene rings is 1. The molecule has 1 aromatic heterocycles. The number of nitrogens with zero attached hydrogens (tertiary/aromatic N) is 2. The second-order valence-corrected chi connectivity index (χ2v) is 4.01. The quantitative estimate of drug-likeness (QED) is 0.940. The molecule has 2 rings (SSSR count). The first-order valence-corrected chi connectivity index (χ1v) is 5.51. The predicted octanol–water partition coefficient (Wildman–Crippen LogP) is 2.11. The summed E-state index contributed by atoms with van der Waals surface area (Å²) in [6.07, 6.45) is 0. The molecule has 0 bridgehead atoms. The van der Waals surface area contributed by atoms with Gasteiger partial charge in [0.2, 0.25) is 11.7 Å². The number of rotatable bonds is 3. The molecule has 0 saturated heterocycles. The molecule has 17 heavy (non-hydrogen) atoms. The van der Waals surface area contributed by atoms with E-state index < -0.39 is 5.82 Å². The zero-order chi connectivity index (χ0) is 12.4. The van der Waals surface area contributed by atoms with E-state index in [1.807, 2.05) is 0 Å². The van der Waals surface area contributed by atoms with Gasteiger partial charge in [-0.1, -0.05) is 5.16 Å². The van der Waals surface area contributed by atoms with Crippen molar-refractivity contribution in [3.05, 3.63) is 28.3 Å². The molecule has 2 N–H and O–H groups in total. The van der Waals surface area contributed by atoms with Crippen LogP contribution < -0.4 is 10.5 Å². The SMILES string of the molecule is COc1c(F)ccc(Br)c1-c1noc(CN)n1. The van der Waals surface area contributed by atoms with Crippen molar-refractivity contribution in [1.29, 1.82) is 0 Å². The Labute approximate surface area is 105 Å². The molecule has 0 aliphatic carbocycles. The average Bonchev–Trinajstić information content (AvgIpc) is 2.80. The first-order valence-electron chi connectivity index (χ1n) is 4.72. The molecule has 5 nitrogen and oxygen atoms in total. The Bertz CT molecular complexity index is 544. The van der Waals surface area contributed by atoms with E-state index in [2.05, 4.69) is 26.1 Å². The predicted molar refractivity (Wildman–Crippen MR) is 61.8 cm³/mol. The summed E-state index contributed by atoms with van der Waals surface area (Å²) < 4.78 is 24.0. The third-order valence-corrected chi connectivity index (χ3v) is 2.79. The minimum absolute atomic E-state index is 0.0590. The second kappa shape index (κ2) is 4.80. The summed E-state index contributed by atoms with van der Waals surface area (Å²) in [5.41, 5.74) is 5.77. The van der Waals surface area contributed by atoms with Gasteiger partial charge < -0.3 is 15.0 Å². The standard InChI is InChI=1S/C10H9BrFN3O2/c1-16-9-6(12)3-2-5(11)8(9)10-14-7(4-13)17-15-10/h2-3H,4,13H2,1H3. The zero-order valence-corrected chi connectivity index (χ0v) is 10.5. The van der Waals surface area contributed by atoms with Gasteiger partial charge in [-0.05, 0) is 28.1 Å². The molecule has 0 aliphatic heterocycles. The highest BCUT2D eigenvalue weighted by Crippen LogP contribution is 2.36. The molecule has 1 heterocycles. The van der Waals surface area contributed by atoms with Gasteiger partial charge in [-0.3, -0.25) is 0 Å². The van der Waals surface area contributed by atoms with Crippen LogP contribution in [-0.2, 0) is 6.54 Å². The van der Waals surface area contributed by atoms with Gasteiger partial charge in [-0.15, -0.1) is 0 Å². The molecule has 0 fully saturated rings. The van der Waals surface area contributed by atoms with Crippen LogP contribution in [-0.4, -0.2) is 17.3 Å². The number of hydrogen-bond donors (Lipinski definition) is 1. The van der Waals surface area contributed by atoms with Crippen molar-refractivity contribution in [2.45, 2.75) is 6.54 Å². The van der Waals surface area contributed by atoms with Crippen molar-refractivity contribution in [2.75, 3.05) is 7.11 Å². The molecular formula is C10H9BrFN3O2. The maximum Gasteiger partial charge on any atom is 0.240 e. The lowest BCUT2D eigenvalue weighted by molar-refractivity contribution is 0.377. The largest absolute Gasteiger partial charge is 0.493 e. The number of methoxy groups -OCH3 is 1. The van der Waals surface area contributed by atoms with Gasteiger partial charge in [0.1, 0.15) is 0 Å². The summed E-state index contributed by atoms with van der Waals surface area (Å²) in [7, 11) is 1.37. The lowest BCUT2D eigenvalue weighted by Crippen LogP contribution is -1.97. The van der Waals surface area contributed by atoms with Crippen molar-refractivity contribution in [3.63, 3.8) is 0 Å². The third kappa shape index (κ3) is 2.16. The van der Waals surface area contributed by atoms with E-state index in [4.69, 9.17) is 15.0 Å². The maximum absolute atomic E-state index is 13.5. The Balaban J connectivity index is 2.60. The summed E-state index contributed by atoms with van der Waals surface area (Å²) in [6, 6.07) is 2.84. The Hall–Kier alpha value is -1.47. The number of halogens is 2. The summed E-state index contributed by atoms with van der Waals surface area (Å²) in [5.74, 6) is 0.0698. The van der Waals surface area contributed by atoms with E-state index in [9.17, 15) is 4.39 Å². The molecule has 0 atom stereocenters. The Morgan fingerprint density at radius 1 is 1.53 bits per heavy atom. The monoisotopic (exact) mass is 301 g/mol. The molecule has 1 aromatic carbocycles. The zero-order valence-electron chi connectivity index (χ0n) is 8.91. The molecule has 0 spiro atoms. The van der Waals surface area contributed by atoms with Gasteiger partial charge in [-0.2, -0.15) is 4.98 Å². The summed E-state index contributed by atoms with van der Waals surface area (Å²) in [6.45, 7) is 0.127. The van der Waals surface area contributed by atoms with Gasteiger partial charge in [0.15, 0.2) is 11.6 Å². The normalized spacial score (nSPS) is 10.6. The number of ether oxygens (including phenoxy) is 1. The van der Waals surface area contributed by atoms with Crippen LogP contribution in [0.5, 0.6) is 5.75 Å². The van der Waals surface area contributed by atoms with Crippen LogP contribution in [0.2, 0.25) is 0 Å². The minimum Gasteiger partial charge on any atom is -0.493 e. The molecule has 90 valence electrons. The van der Waals surface area contributed by atoms with Crippen LogP contribution in [0.3, 0.4) is 0 Å². The van der Waals surface area contributed by atoms with E-state index >= 15 is 0 Å². The van der Waals surface area contributed by atoms with Gasteiger partial charge in [0, 0.05) is 4.47 Å². The molecule has 0 aliphatic rings. The Morgan fingerprint density at radius 2 is 2.29 bits per heavy atom. The van der Waals surface area contributed by atoms with Crippen molar-refractivity contribution in [2.24, 2.45) is 5.73 Å². The lowest BCUT2D eigenvalue weighted by Gasteiger charge is -2.07. The van der Waals surface area contributed by atoms with Crippen LogP contribution in [0.1, 0.15) is 5.89 Å². The van der Waals surface area contributed by atoms with Gasteiger partial charge >= 0.3 is 0 Å². The van der Waals surface area contributed by atoms with Crippen molar-refractivity contribution in [1.82, 2.24) is 10.1 Å². The Morgan fingerprint density at radius 3 is 2.88 bits per heavy atom. The van der Waals surface area contributed by atoms with E-state index in [1.54, 1.807) is 6.07 Å². The minimum atomic E-state index is -0.496. The van der Waals surface area contributed by atoms with E-state index in [0.29, 0.717) is 10.0 Å². The van der Waals surface area contributed by atoms with Crippen LogP contribution in [0, 0.1) is 5.82 Å². The number of aromatic nitrogens is 2. The first-order chi connectivity index (χ1) is 8.17. The highest BCUT2D eigenvalue weighted by Gasteiger charge is 2.19. The average molecular weight is 302 g/mol. The highest BCUT2D eigenvalue weighted by molar-refractivity contribution is 9.10. The fourth-order valence-corrected chi connectivity index (χ4v) is 1.87. The van der Waals surface area contributed by atoms with E-state index in [0.717, 1.165) is 0 Å². The van der Waals surface area contributed by atoms with Crippen LogP contribution in [0.15, 0.2) is 21.1 Å². The first kappa shape index (κ1) is 12.0. The van der Waals surface area contributed by atoms with Gasteiger partial charge in [0.05, 0.1) is 19.2 Å². The van der Waals surface area contributed by atoms with E-state index in [-0.39, 0.29) is 24.0 Å². The summed E-state index contributed by atoms with van der Waals surface area (Å²) >= 11 is 3.29. The molecule has 0 amide bonds. The molecule has 0 unspecified atom stereocenters. The van der Waals surface area contributed by atoms with Crippen LogP contribution in [0.25, 0.3) is 11.4 Å². The number of hydrogen-bond acceptors (Lipinski definition) is 5. The maximum atomic E-state index is 13.5. The summed E-state index contributed by atoms with van der Waals surface area (Å²) in [4.78, 5) is 4.03. The summed E-state index contributed by atoms with van der Waals surface area (Å²) in [5, 5.41) is 3.73. The molecule has 0 radical (unpaired) electrons. The fourth-order valence-electron chi connectivity index (χ4n) is 1.38. The van der Waals surface area contributed by atoms with Crippen molar-refractivity contribution < 1.29 is 13.7 Å². The second-order valence-electron chi connectivity index (χ2n) is 3.15. The highest BCUT2D eigenvalue weighted by atomic mass is 79.9.